The van der Waals surface area contributed by atoms with Gasteiger partial charge in [-0.1, -0.05) is 0 Å². The molecule has 1 N–H and O–H groups in total. The van der Waals surface area contributed by atoms with E-state index in [1.165, 1.54) is 5.71 Å². The molecule has 0 heterocycles. The van der Waals surface area contributed by atoms with Gasteiger partial charge in [-0.3, -0.25) is 4.99 Å². The first kappa shape index (κ1) is 6.75. The molecule has 0 aliphatic heterocycles. The lowest BCUT2D eigenvalue weighted by Gasteiger charge is -2.17. The van der Waals surface area contributed by atoms with Crippen LogP contribution in [0, 0.1) is 0 Å². The number of hydrogen-bond acceptors (Lipinski definition) is 2. The van der Waals surface area contributed by atoms with Crippen molar-refractivity contribution < 1.29 is 5.11 Å². The molecule has 0 radical (unpaired) electrons. The fraction of sp³-hybridized carbons (Fsp3) is 0.857. The van der Waals surface area contributed by atoms with Crippen LogP contribution in [0.25, 0.3) is 0 Å². The molecule has 0 spiro atoms. The van der Waals surface area contributed by atoms with Crippen molar-refractivity contribution in [2.75, 3.05) is 7.05 Å². The Balaban J connectivity index is 2.35. The standard InChI is InChI=1S/C7H13NO/c1-8-6-2-4-7(9)5-3-6/h7,9H,2-5H2,1H3. The van der Waals surface area contributed by atoms with Gasteiger partial charge in [-0.2, -0.15) is 0 Å². The molecule has 52 valence electrons. The Morgan fingerprint density at radius 1 is 1.44 bits per heavy atom. The van der Waals surface area contributed by atoms with Crippen LogP contribution in [0.15, 0.2) is 4.99 Å². The molecular formula is C7H13NO. The third kappa shape index (κ3) is 1.79. The van der Waals surface area contributed by atoms with Crippen molar-refractivity contribution in [1.82, 2.24) is 0 Å². The lowest BCUT2D eigenvalue weighted by Crippen LogP contribution is -2.17. The van der Waals surface area contributed by atoms with Crippen LogP contribution in [0.5, 0.6) is 0 Å². The van der Waals surface area contributed by atoms with Gasteiger partial charge in [-0.15, -0.1) is 0 Å². The summed E-state index contributed by atoms with van der Waals surface area (Å²) < 4.78 is 0. The molecule has 0 aromatic rings. The van der Waals surface area contributed by atoms with E-state index in [2.05, 4.69) is 4.99 Å². The minimum Gasteiger partial charge on any atom is -0.393 e. The van der Waals surface area contributed by atoms with Crippen molar-refractivity contribution in [2.24, 2.45) is 4.99 Å². The van der Waals surface area contributed by atoms with Crippen molar-refractivity contribution in [3.05, 3.63) is 0 Å². The van der Waals surface area contributed by atoms with E-state index in [9.17, 15) is 0 Å². The van der Waals surface area contributed by atoms with Crippen molar-refractivity contribution >= 4 is 5.71 Å². The summed E-state index contributed by atoms with van der Waals surface area (Å²) in [6.45, 7) is 0. The molecule has 1 aliphatic rings. The smallest absolute Gasteiger partial charge is 0.0547 e. The highest BCUT2D eigenvalue weighted by molar-refractivity contribution is 5.85. The van der Waals surface area contributed by atoms with Crippen molar-refractivity contribution in [2.45, 2.75) is 31.8 Å². The van der Waals surface area contributed by atoms with Crippen LogP contribution in [0.4, 0.5) is 0 Å². The minimum absolute atomic E-state index is 0.0597. The molecule has 0 atom stereocenters. The van der Waals surface area contributed by atoms with Crippen LogP contribution >= 0.6 is 0 Å². The summed E-state index contributed by atoms with van der Waals surface area (Å²) in [6, 6.07) is 0. The highest BCUT2D eigenvalue weighted by atomic mass is 16.3. The van der Waals surface area contributed by atoms with Gasteiger partial charge in [0.1, 0.15) is 0 Å². The Morgan fingerprint density at radius 3 is 2.44 bits per heavy atom. The number of rotatable bonds is 0. The first-order chi connectivity index (χ1) is 4.33. The maximum Gasteiger partial charge on any atom is 0.0547 e. The number of nitrogens with zero attached hydrogens (tertiary/aromatic N) is 1. The van der Waals surface area contributed by atoms with Gasteiger partial charge in [0.05, 0.1) is 6.10 Å². The van der Waals surface area contributed by atoms with Crippen molar-refractivity contribution in [3.8, 4) is 0 Å². The fourth-order valence-corrected chi connectivity index (χ4v) is 1.16. The summed E-state index contributed by atoms with van der Waals surface area (Å²) in [4.78, 5) is 4.09. The molecule has 0 aromatic carbocycles. The topological polar surface area (TPSA) is 32.6 Å². The number of aliphatic hydroxyl groups is 1. The number of aliphatic imine (C=N–C) groups is 1. The predicted octanol–water partition coefficient (Wildman–Crippen LogP) is 0.992. The molecule has 1 rings (SSSR count). The second kappa shape index (κ2) is 2.97. The first-order valence-electron chi connectivity index (χ1n) is 3.45. The van der Waals surface area contributed by atoms with Crippen LogP contribution in [0.3, 0.4) is 0 Å². The molecule has 2 heteroatoms. The lowest BCUT2D eigenvalue weighted by molar-refractivity contribution is 0.152. The molecule has 0 unspecified atom stereocenters. The van der Waals surface area contributed by atoms with Crippen LogP contribution in [-0.2, 0) is 0 Å². The van der Waals surface area contributed by atoms with Crippen LogP contribution in [-0.4, -0.2) is 24.0 Å². The van der Waals surface area contributed by atoms with Gasteiger partial charge in [0.15, 0.2) is 0 Å². The van der Waals surface area contributed by atoms with Gasteiger partial charge >= 0.3 is 0 Å². The number of aliphatic hydroxyl groups excluding tert-OH is 1. The maximum atomic E-state index is 9.07. The van der Waals surface area contributed by atoms with Crippen molar-refractivity contribution in [3.63, 3.8) is 0 Å². The zero-order chi connectivity index (χ0) is 6.69. The van der Waals surface area contributed by atoms with E-state index in [4.69, 9.17) is 5.11 Å². The van der Waals surface area contributed by atoms with Gasteiger partial charge < -0.3 is 5.11 Å². The molecule has 1 fully saturated rings. The summed E-state index contributed by atoms with van der Waals surface area (Å²) in [5.74, 6) is 0. The maximum absolute atomic E-state index is 9.07. The third-order valence-corrected chi connectivity index (χ3v) is 1.85. The zero-order valence-corrected chi connectivity index (χ0v) is 5.80. The molecular weight excluding hydrogens is 114 g/mol. The van der Waals surface area contributed by atoms with E-state index in [0.717, 1.165) is 25.7 Å². The molecule has 2 nitrogen and oxygen atoms in total. The fourth-order valence-electron chi connectivity index (χ4n) is 1.16. The summed E-state index contributed by atoms with van der Waals surface area (Å²) in [6.07, 6.45) is 3.75. The van der Waals surface area contributed by atoms with Crippen LogP contribution in [0.2, 0.25) is 0 Å². The Hall–Kier alpha value is -0.370. The van der Waals surface area contributed by atoms with Crippen molar-refractivity contribution in [1.29, 1.82) is 0 Å². The average molecular weight is 127 g/mol. The van der Waals surface area contributed by atoms with E-state index in [1.54, 1.807) is 0 Å². The van der Waals surface area contributed by atoms with E-state index in [-0.39, 0.29) is 6.10 Å². The SMILES string of the molecule is CN=C1CCC(O)CC1. The third-order valence-electron chi connectivity index (χ3n) is 1.85. The number of hydrogen-bond donors (Lipinski definition) is 1. The monoisotopic (exact) mass is 127 g/mol. The van der Waals surface area contributed by atoms with Gasteiger partial charge in [0.2, 0.25) is 0 Å². The Bertz CT molecular complexity index is 110. The van der Waals surface area contributed by atoms with E-state index in [0.29, 0.717) is 0 Å². The summed E-state index contributed by atoms with van der Waals surface area (Å²) >= 11 is 0. The molecule has 0 bridgehead atoms. The van der Waals surface area contributed by atoms with Gasteiger partial charge in [0, 0.05) is 12.8 Å². The molecule has 0 aromatic heterocycles. The zero-order valence-electron chi connectivity index (χ0n) is 5.80. The average Bonchev–Trinajstić information content (AvgIpc) is 1.90. The first-order valence-corrected chi connectivity index (χ1v) is 3.45. The van der Waals surface area contributed by atoms with E-state index in [1.807, 2.05) is 7.05 Å². The Morgan fingerprint density at radius 2 is 2.00 bits per heavy atom. The Labute approximate surface area is 55.6 Å². The summed E-state index contributed by atoms with van der Waals surface area (Å²) in [5.41, 5.74) is 1.26. The lowest BCUT2D eigenvalue weighted by atomic mass is 9.96. The second-order valence-electron chi connectivity index (χ2n) is 2.52. The summed E-state index contributed by atoms with van der Waals surface area (Å²) in [5, 5.41) is 9.07. The highest BCUT2D eigenvalue weighted by Gasteiger charge is 2.13. The summed E-state index contributed by atoms with van der Waals surface area (Å²) in [7, 11) is 1.83. The molecule has 0 amide bonds. The second-order valence-corrected chi connectivity index (χ2v) is 2.52. The molecule has 0 saturated heterocycles. The van der Waals surface area contributed by atoms with Crippen LogP contribution < -0.4 is 0 Å². The van der Waals surface area contributed by atoms with Crippen LogP contribution in [0.1, 0.15) is 25.7 Å². The quantitative estimate of drug-likeness (QED) is 0.517. The van der Waals surface area contributed by atoms with E-state index < -0.39 is 0 Å². The Kier molecular flexibility index (Phi) is 2.22. The van der Waals surface area contributed by atoms with E-state index >= 15 is 0 Å². The minimum atomic E-state index is -0.0597. The largest absolute Gasteiger partial charge is 0.393 e. The van der Waals surface area contributed by atoms with Gasteiger partial charge in [0.25, 0.3) is 0 Å². The predicted molar refractivity (Wildman–Crippen MR) is 37.8 cm³/mol. The molecule has 1 saturated carbocycles. The highest BCUT2D eigenvalue weighted by Crippen LogP contribution is 2.14. The normalized spacial score (nSPS) is 28.2. The van der Waals surface area contributed by atoms with Gasteiger partial charge in [-0.25, -0.2) is 0 Å². The van der Waals surface area contributed by atoms with Gasteiger partial charge in [-0.05, 0) is 25.7 Å². The molecule has 1 aliphatic carbocycles. The molecule has 9 heavy (non-hydrogen) atoms.